The number of thiazole rings is 1. The van der Waals surface area contributed by atoms with Crippen LogP contribution in [0.1, 0.15) is 37.3 Å². The molecule has 0 fully saturated rings. The molecule has 3 heterocycles. The van der Waals surface area contributed by atoms with E-state index in [2.05, 4.69) is 17.0 Å². The molecule has 0 bridgehead atoms. The molecule has 0 saturated heterocycles. The van der Waals surface area contributed by atoms with Crippen molar-refractivity contribution in [2.24, 2.45) is 0 Å². The molecular weight excluding hydrogens is 442 g/mol. The number of benzene rings is 2. The average Bonchev–Trinajstić information content (AvgIpc) is 3.39. The van der Waals surface area contributed by atoms with E-state index in [-0.39, 0.29) is 12.2 Å². The number of aromatic nitrogens is 3. The highest BCUT2D eigenvalue weighted by molar-refractivity contribution is 7.15. The Morgan fingerprint density at radius 2 is 2.06 bits per heavy atom. The maximum Gasteiger partial charge on any atom is 0.291 e. The molecule has 0 N–H and O–H groups in total. The van der Waals surface area contributed by atoms with E-state index in [1.165, 1.54) is 15.9 Å². The van der Waals surface area contributed by atoms with Crippen LogP contribution in [0.3, 0.4) is 0 Å². The molecule has 5 rings (SSSR count). The molecule has 0 spiro atoms. The molecule has 2 aromatic carbocycles. The Labute approximate surface area is 194 Å². The zero-order valence-corrected chi connectivity index (χ0v) is 19.1. The average molecular weight is 466 g/mol. The van der Waals surface area contributed by atoms with Crippen LogP contribution in [0, 0.1) is 0 Å². The molecule has 0 saturated carbocycles. The molecule has 8 nitrogen and oxygen atoms in total. The lowest BCUT2D eigenvalue weighted by molar-refractivity contribution is 0.0852. The van der Waals surface area contributed by atoms with Gasteiger partial charge >= 0.3 is 0 Å². The van der Waals surface area contributed by atoms with Gasteiger partial charge in [-0.05, 0) is 42.3 Å². The second kappa shape index (κ2) is 9.11. The molecule has 1 aliphatic heterocycles. The largest absolute Gasteiger partial charge is 0.493 e. The minimum Gasteiger partial charge on any atom is -0.493 e. The van der Waals surface area contributed by atoms with Gasteiger partial charge in [-0.2, -0.15) is 9.50 Å². The first kappa shape index (κ1) is 21.3. The summed E-state index contributed by atoms with van der Waals surface area (Å²) >= 11 is 1.28. The molecule has 33 heavy (non-hydrogen) atoms. The summed E-state index contributed by atoms with van der Waals surface area (Å²) in [5, 5.41) is 4.39. The van der Waals surface area contributed by atoms with Gasteiger partial charge in [0.1, 0.15) is 6.61 Å². The van der Waals surface area contributed by atoms with Crippen molar-refractivity contribution in [2.75, 3.05) is 20.3 Å². The Morgan fingerprint density at radius 1 is 1.21 bits per heavy atom. The highest BCUT2D eigenvalue weighted by Crippen LogP contribution is 2.35. The predicted octanol–water partition coefficient (Wildman–Crippen LogP) is 3.40. The van der Waals surface area contributed by atoms with E-state index in [4.69, 9.17) is 18.9 Å². The van der Waals surface area contributed by atoms with E-state index in [9.17, 15) is 4.79 Å². The van der Waals surface area contributed by atoms with Crippen molar-refractivity contribution in [3.63, 3.8) is 0 Å². The number of hydrogen-bond donors (Lipinski definition) is 0. The number of para-hydroxylation sites is 2. The molecule has 4 aromatic rings. The molecule has 0 radical (unpaired) electrons. The lowest BCUT2D eigenvalue weighted by Gasteiger charge is -2.24. The molecule has 0 amide bonds. The zero-order valence-electron chi connectivity index (χ0n) is 18.3. The third-order valence-corrected chi connectivity index (χ3v) is 6.19. The molecule has 1 aliphatic rings. The molecule has 1 atom stereocenters. The number of unbranched alkanes of at least 4 members (excludes halogenated alkanes) is 1. The number of fused-ring (bicyclic) bond motifs is 2. The lowest BCUT2D eigenvalue weighted by atomic mass is 10.2. The molecule has 2 aromatic heterocycles. The third-order valence-electron chi connectivity index (χ3n) is 5.24. The van der Waals surface area contributed by atoms with E-state index in [0.29, 0.717) is 44.9 Å². The summed E-state index contributed by atoms with van der Waals surface area (Å²) < 4.78 is 24.8. The van der Waals surface area contributed by atoms with Gasteiger partial charge in [0.15, 0.2) is 34.9 Å². The van der Waals surface area contributed by atoms with Gasteiger partial charge in [0.25, 0.3) is 5.56 Å². The summed E-state index contributed by atoms with van der Waals surface area (Å²) in [5.41, 5.74) is 0.602. The second-order valence-corrected chi connectivity index (χ2v) is 8.57. The standard InChI is InChI=1S/C24H23N3O5S/c1-3-4-11-30-17-10-9-15(12-19(17)29-2)13-21-23(28)27-24(33-21)25-22(26-27)20-14-31-16-7-5-6-8-18(16)32-20/h5-10,12-13,20H,3-4,11,14H2,1-2H3/b21-13-/t20-/m1/s1. The van der Waals surface area contributed by atoms with E-state index < -0.39 is 6.10 Å². The Hall–Kier alpha value is -3.59. The fourth-order valence-corrected chi connectivity index (χ4v) is 4.42. The van der Waals surface area contributed by atoms with Crippen LogP contribution in [0.2, 0.25) is 0 Å². The summed E-state index contributed by atoms with van der Waals surface area (Å²) in [7, 11) is 1.60. The Kier molecular flexibility index (Phi) is 5.87. The van der Waals surface area contributed by atoms with Crippen LogP contribution in [-0.4, -0.2) is 34.9 Å². The van der Waals surface area contributed by atoms with Crippen molar-refractivity contribution < 1.29 is 18.9 Å². The fourth-order valence-electron chi connectivity index (χ4n) is 3.50. The zero-order chi connectivity index (χ0) is 22.8. The highest BCUT2D eigenvalue weighted by Gasteiger charge is 2.27. The monoisotopic (exact) mass is 465 g/mol. The quantitative estimate of drug-likeness (QED) is 0.387. The first-order chi connectivity index (χ1) is 16.2. The second-order valence-electron chi connectivity index (χ2n) is 7.56. The highest BCUT2D eigenvalue weighted by atomic mass is 32.1. The van der Waals surface area contributed by atoms with Gasteiger partial charge in [0, 0.05) is 0 Å². The molecule has 0 aliphatic carbocycles. The third kappa shape index (κ3) is 4.23. The predicted molar refractivity (Wildman–Crippen MR) is 125 cm³/mol. The number of rotatable bonds is 7. The first-order valence-corrected chi connectivity index (χ1v) is 11.6. The summed E-state index contributed by atoms with van der Waals surface area (Å²) in [4.78, 5) is 18.0. The molecular formula is C24H23N3O5S. The first-order valence-electron chi connectivity index (χ1n) is 10.8. The maximum absolute atomic E-state index is 12.9. The Morgan fingerprint density at radius 3 is 2.85 bits per heavy atom. The number of ether oxygens (including phenoxy) is 4. The van der Waals surface area contributed by atoms with E-state index in [0.717, 1.165) is 18.4 Å². The van der Waals surface area contributed by atoms with Crippen molar-refractivity contribution in [2.45, 2.75) is 25.9 Å². The van der Waals surface area contributed by atoms with E-state index in [1.807, 2.05) is 42.5 Å². The van der Waals surface area contributed by atoms with Crippen LogP contribution in [0.4, 0.5) is 0 Å². The molecule has 9 heteroatoms. The SMILES string of the molecule is CCCCOc1ccc(/C=c2\sc3nc([C@H]4COc5ccccc5O4)nn3c2=O)cc1OC. The summed E-state index contributed by atoms with van der Waals surface area (Å²) in [5.74, 6) is 3.07. The van der Waals surface area contributed by atoms with Crippen molar-refractivity contribution in [1.29, 1.82) is 0 Å². The number of methoxy groups -OCH3 is 1. The summed E-state index contributed by atoms with van der Waals surface area (Å²) in [6, 6.07) is 13.1. The van der Waals surface area contributed by atoms with Gasteiger partial charge in [0.05, 0.1) is 18.2 Å². The van der Waals surface area contributed by atoms with Crippen LogP contribution in [0.5, 0.6) is 23.0 Å². The van der Waals surface area contributed by atoms with Crippen LogP contribution >= 0.6 is 11.3 Å². The summed E-state index contributed by atoms with van der Waals surface area (Å²) in [6.07, 6.45) is 3.37. The van der Waals surface area contributed by atoms with Crippen molar-refractivity contribution in [3.8, 4) is 23.0 Å². The number of nitrogens with zero attached hydrogens (tertiary/aromatic N) is 3. The van der Waals surface area contributed by atoms with Gasteiger partial charge in [-0.15, -0.1) is 5.10 Å². The lowest BCUT2D eigenvalue weighted by Crippen LogP contribution is -2.26. The normalized spacial score (nSPS) is 15.7. The van der Waals surface area contributed by atoms with Crippen molar-refractivity contribution in [1.82, 2.24) is 14.6 Å². The van der Waals surface area contributed by atoms with Gasteiger partial charge in [-0.3, -0.25) is 4.79 Å². The van der Waals surface area contributed by atoms with Crippen LogP contribution in [0.25, 0.3) is 11.0 Å². The van der Waals surface area contributed by atoms with Crippen molar-refractivity contribution in [3.05, 3.63) is 68.7 Å². The van der Waals surface area contributed by atoms with Crippen molar-refractivity contribution >= 4 is 22.4 Å². The Balaban J connectivity index is 1.41. The van der Waals surface area contributed by atoms with E-state index >= 15 is 0 Å². The van der Waals surface area contributed by atoms with Gasteiger partial charge < -0.3 is 18.9 Å². The minimum atomic E-state index is -0.469. The molecule has 0 unspecified atom stereocenters. The Bertz CT molecular complexity index is 1400. The minimum absolute atomic E-state index is 0.229. The smallest absolute Gasteiger partial charge is 0.291 e. The van der Waals surface area contributed by atoms with Crippen LogP contribution in [-0.2, 0) is 0 Å². The van der Waals surface area contributed by atoms with Gasteiger partial charge in [-0.1, -0.05) is 42.9 Å². The summed E-state index contributed by atoms with van der Waals surface area (Å²) in [6.45, 7) is 3.04. The molecule has 170 valence electrons. The maximum atomic E-state index is 12.9. The van der Waals surface area contributed by atoms with E-state index in [1.54, 1.807) is 13.2 Å². The van der Waals surface area contributed by atoms with Gasteiger partial charge in [-0.25, -0.2) is 0 Å². The topological polar surface area (TPSA) is 84.2 Å². The fraction of sp³-hybridized carbons (Fsp3) is 0.292. The van der Waals surface area contributed by atoms with Crippen LogP contribution in [0.15, 0.2) is 47.3 Å². The van der Waals surface area contributed by atoms with Gasteiger partial charge in [0.2, 0.25) is 4.96 Å². The van der Waals surface area contributed by atoms with Crippen LogP contribution < -0.4 is 29.0 Å². The number of hydrogen-bond acceptors (Lipinski definition) is 8.